The average Bonchev–Trinajstić information content (AvgIpc) is 2.45. The van der Waals surface area contributed by atoms with Crippen LogP contribution in [0.25, 0.3) is 0 Å². The van der Waals surface area contributed by atoms with Gasteiger partial charge in [-0.3, -0.25) is 9.59 Å². The highest BCUT2D eigenvalue weighted by Gasteiger charge is 2.15. The first kappa shape index (κ1) is 16.7. The van der Waals surface area contributed by atoms with Gasteiger partial charge in [-0.1, -0.05) is 31.9 Å². The molecule has 6 heteroatoms. The van der Waals surface area contributed by atoms with Crippen LogP contribution in [0.3, 0.4) is 0 Å². The van der Waals surface area contributed by atoms with Gasteiger partial charge in [-0.05, 0) is 61.4 Å². The van der Waals surface area contributed by atoms with E-state index in [2.05, 4.69) is 42.5 Å². The van der Waals surface area contributed by atoms with E-state index >= 15 is 0 Å². The van der Waals surface area contributed by atoms with Crippen molar-refractivity contribution in [2.24, 2.45) is 0 Å². The fourth-order valence-corrected chi connectivity index (χ4v) is 2.58. The minimum Gasteiger partial charge on any atom is -0.318 e. The van der Waals surface area contributed by atoms with E-state index in [1.165, 1.54) is 0 Å². The van der Waals surface area contributed by atoms with Crippen molar-refractivity contribution in [3.05, 3.63) is 56.5 Å². The molecule has 114 valence electrons. The lowest BCUT2D eigenvalue weighted by Crippen LogP contribution is -2.29. The zero-order valence-corrected chi connectivity index (χ0v) is 15.2. The van der Waals surface area contributed by atoms with Crippen molar-refractivity contribution in [3.63, 3.8) is 0 Å². The van der Waals surface area contributed by atoms with Crippen molar-refractivity contribution in [1.29, 1.82) is 0 Å². The number of amides is 2. The highest BCUT2D eigenvalue weighted by molar-refractivity contribution is 9.10. The number of benzene rings is 2. The zero-order chi connectivity index (χ0) is 16.3. The quantitative estimate of drug-likeness (QED) is 0.700. The van der Waals surface area contributed by atoms with Gasteiger partial charge in [0.05, 0.1) is 0 Å². The molecule has 0 spiro atoms. The second-order valence-corrected chi connectivity index (χ2v) is 6.60. The molecule has 0 aromatic heterocycles. The van der Waals surface area contributed by atoms with Crippen LogP contribution in [0.4, 0.5) is 11.4 Å². The van der Waals surface area contributed by atoms with E-state index in [9.17, 15) is 9.59 Å². The lowest BCUT2D eigenvalue weighted by Gasteiger charge is -2.10. The Hall–Kier alpha value is -1.66. The van der Waals surface area contributed by atoms with Crippen molar-refractivity contribution >= 4 is 55.0 Å². The molecule has 0 aliphatic heterocycles. The van der Waals surface area contributed by atoms with Gasteiger partial charge in [-0.2, -0.15) is 0 Å². The third-order valence-corrected chi connectivity index (χ3v) is 4.44. The number of hydrogen-bond donors (Lipinski definition) is 2. The third kappa shape index (κ3) is 4.18. The molecule has 0 radical (unpaired) electrons. The van der Waals surface area contributed by atoms with Crippen LogP contribution >= 0.6 is 31.9 Å². The first-order valence-electron chi connectivity index (χ1n) is 6.51. The summed E-state index contributed by atoms with van der Waals surface area (Å²) in [5.41, 5.74) is 3.03. The molecule has 22 heavy (non-hydrogen) atoms. The van der Waals surface area contributed by atoms with Crippen LogP contribution in [0.1, 0.15) is 11.1 Å². The predicted octanol–water partition coefficient (Wildman–Crippen LogP) is 4.41. The van der Waals surface area contributed by atoms with Crippen molar-refractivity contribution in [3.8, 4) is 0 Å². The van der Waals surface area contributed by atoms with Gasteiger partial charge in [0.2, 0.25) is 0 Å². The van der Waals surface area contributed by atoms with Crippen LogP contribution in [0.15, 0.2) is 45.3 Å². The number of anilines is 2. The summed E-state index contributed by atoms with van der Waals surface area (Å²) in [7, 11) is 0. The molecule has 0 heterocycles. The van der Waals surface area contributed by atoms with E-state index in [4.69, 9.17) is 0 Å². The Morgan fingerprint density at radius 2 is 1.55 bits per heavy atom. The van der Waals surface area contributed by atoms with Gasteiger partial charge in [0.1, 0.15) is 0 Å². The number of aryl methyl sites for hydroxylation is 2. The molecule has 4 nitrogen and oxygen atoms in total. The molecular formula is C16H14Br2N2O2. The number of hydrogen-bond acceptors (Lipinski definition) is 2. The SMILES string of the molecule is Cc1cc(NC(=O)C(=O)Nc2ccc(Br)cc2C)ccc1Br. The number of carbonyl (C=O) groups excluding carboxylic acids is 2. The Kier molecular flexibility index (Phi) is 5.37. The van der Waals surface area contributed by atoms with Gasteiger partial charge in [-0.25, -0.2) is 0 Å². The van der Waals surface area contributed by atoms with Gasteiger partial charge in [0, 0.05) is 20.3 Å². The molecule has 2 aromatic rings. The first-order valence-corrected chi connectivity index (χ1v) is 8.10. The highest BCUT2D eigenvalue weighted by Crippen LogP contribution is 2.21. The average molecular weight is 426 g/mol. The lowest BCUT2D eigenvalue weighted by molar-refractivity contribution is -0.133. The van der Waals surface area contributed by atoms with Crippen LogP contribution in [0.5, 0.6) is 0 Å². The monoisotopic (exact) mass is 424 g/mol. The zero-order valence-electron chi connectivity index (χ0n) is 12.0. The number of halogens is 2. The molecule has 2 N–H and O–H groups in total. The van der Waals surface area contributed by atoms with Gasteiger partial charge in [0.15, 0.2) is 0 Å². The molecule has 2 amide bonds. The maximum absolute atomic E-state index is 12.0. The van der Waals surface area contributed by atoms with Gasteiger partial charge in [-0.15, -0.1) is 0 Å². The summed E-state index contributed by atoms with van der Waals surface area (Å²) in [6.07, 6.45) is 0. The van der Waals surface area contributed by atoms with Gasteiger partial charge < -0.3 is 10.6 Å². The summed E-state index contributed by atoms with van der Waals surface area (Å²) < 4.78 is 1.86. The van der Waals surface area contributed by atoms with Gasteiger partial charge >= 0.3 is 11.8 Å². The lowest BCUT2D eigenvalue weighted by atomic mass is 10.2. The fourth-order valence-electron chi connectivity index (χ4n) is 1.86. The summed E-state index contributed by atoms with van der Waals surface area (Å²) in [6.45, 7) is 3.77. The van der Waals surface area contributed by atoms with Gasteiger partial charge in [0.25, 0.3) is 0 Å². The number of carbonyl (C=O) groups is 2. The first-order chi connectivity index (χ1) is 10.4. The maximum Gasteiger partial charge on any atom is 0.314 e. The molecule has 0 bridgehead atoms. The van der Waals surface area contributed by atoms with Crippen molar-refractivity contribution in [1.82, 2.24) is 0 Å². The Bertz CT molecular complexity index is 745. The molecule has 2 rings (SSSR count). The Labute approximate surface area is 145 Å². The molecule has 0 saturated carbocycles. The second-order valence-electron chi connectivity index (χ2n) is 4.83. The standard InChI is InChI=1S/C16H14Br2N2O2/c1-9-8-12(4-5-13(9)18)19-15(21)16(22)20-14-6-3-11(17)7-10(14)2/h3-8H,1-2H3,(H,19,21)(H,20,22). The summed E-state index contributed by atoms with van der Waals surface area (Å²) in [4.78, 5) is 23.9. The maximum atomic E-state index is 12.0. The third-order valence-electron chi connectivity index (χ3n) is 3.06. The molecule has 2 aromatic carbocycles. The van der Waals surface area contributed by atoms with E-state index in [1.807, 2.05) is 26.0 Å². The minimum atomic E-state index is -0.705. The molecule has 0 aliphatic rings. The Morgan fingerprint density at radius 1 is 0.864 bits per heavy atom. The van der Waals surface area contributed by atoms with Crippen LogP contribution < -0.4 is 10.6 Å². The molecule has 0 atom stereocenters. The Morgan fingerprint density at radius 3 is 2.18 bits per heavy atom. The van der Waals surface area contributed by atoms with E-state index in [0.29, 0.717) is 11.4 Å². The molecule has 0 fully saturated rings. The highest BCUT2D eigenvalue weighted by atomic mass is 79.9. The molecule has 0 saturated heterocycles. The van der Waals surface area contributed by atoms with Crippen molar-refractivity contribution in [2.75, 3.05) is 10.6 Å². The number of rotatable bonds is 2. The number of nitrogens with one attached hydrogen (secondary N) is 2. The van der Waals surface area contributed by atoms with Crippen LogP contribution in [-0.4, -0.2) is 11.8 Å². The van der Waals surface area contributed by atoms with E-state index in [-0.39, 0.29) is 0 Å². The van der Waals surface area contributed by atoms with Crippen molar-refractivity contribution in [2.45, 2.75) is 13.8 Å². The minimum absolute atomic E-state index is 0.577. The second kappa shape index (κ2) is 7.07. The summed E-state index contributed by atoms with van der Waals surface area (Å²) in [6, 6.07) is 10.8. The van der Waals surface area contributed by atoms with Crippen LogP contribution in [-0.2, 0) is 9.59 Å². The van der Waals surface area contributed by atoms with E-state index in [1.54, 1.807) is 24.3 Å². The smallest absolute Gasteiger partial charge is 0.314 e. The topological polar surface area (TPSA) is 58.2 Å². The van der Waals surface area contributed by atoms with Crippen LogP contribution in [0.2, 0.25) is 0 Å². The Balaban J connectivity index is 2.05. The van der Waals surface area contributed by atoms with Crippen LogP contribution in [0, 0.1) is 13.8 Å². The normalized spacial score (nSPS) is 10.2. The van der Waals surface area contributed by atoms with E-state index in [0.717, 1.165) is 20.1 Å². The summed E-state index contributed by atoms with van der Waals surface area (Å²) in [5, 5.41) is 5.18. The molecule has 0 unspecified atom stereocenters. The summed E-state index contributed by atoms with van der Waals surface area (Å²) in [5.74, 6) is -1.41. The van der Waals surface area contributed by atoms with Crippen molar-refractivity contribution < 1.29 is 9.59 Å². The molecular weight excluding hydrogens is 412 g/mol. The predicted molar refractivity (Wildman–Crippen MR) is 95.0 cm³/mol. The summed E-state index contributed by atoms with van der Waals surface area (Å²) >= 11 is 6.74. The molecule has 0 aliphatic carbocycles. The van der Waals surface area contributed by atoms with E-state index < -0.39 is 11.8 Å². The fraction of sp³-hybridized carbons (Fsp3) is 0.125. The largest absolute Gasteiger partial charge is 0.318 e.